The molecule has 18 heavy (non-hydrogen) atoms. The number of aliphatic imine (C=N–C) groups is 1. The summed E-state index contributed by atoms with van der Waals surface area (Å²) in [5.41, 5.74) is 2.84. The van der Waals surface area contributed by atoms with Crippen LogP contribution in [-0.2, 0) is 0 Å². The molecule has 2 nitrogen and oxygen atoms in total. The molecule has 0 aliphatic carbocycles. The first-order valence-corrected chi connectivity index (χ1v) is 5.89. The second-order valence-corrected chi connectivity index (χ2v) is 4.30. The van der Waals surface area contributed by atoms with E-state index >= 15 is 0 Å². The molecule has 0 amide bonds. The van der Waals surface area contributed by atoms with Gasteiger partial charge in [0.1, 0.15) is 11.8 Å². The molecule has 0 aromatic heterocycles. The fraction of sp³-hybridized carbons (Fsp3) is 0.0667. The minimum Gasteiger partial charge on any atom is -0.237 e. The first-order valence-electron chi connectivity index (χ1n) is 5.51. The fourth-order valence-electron chi connectivity index (χ4n) is 1.63. The summed E-state index contributed by atoms with van der Waals surface area (Å²) >= 11 is 6.06. The fourth-order valence-corrected chi connectivity index (χ4v) is 1.85. The van der Waals surface area contributed by atoms with Gasteiger partial charge < -0.3 is 0 Å². The molecule has 0 aliphatic heterocycles. The molecule has 0 atom stereocenters. The average Bonchev–Trinajstić information content (AvgIpc) is 2.37. The Morgan fingerprint density at radius 1 is 1.17 bits per heavy atom. The molecular formula is C15H11ClN2. The van der Waals surface area contributed by atoms with Crippen LogP contribution in [0.15, 0.2) is 53.5 Å². The van der Waals surface area contributed by atoms with E-state index in [1.807, 2.05) is 43.3 Å². The highest BCUT2D eigenvalue weighted by molar-refractivity contribution is 6.35. The minimum absolute atomic E-state index is 0.325. The van der Waals surface area contributed by atoms with Crippen molar-refractivity contribution < 1.29 is 0 Å². The predicted molar refractivity (Wildman–Crippen MR) is 74.4 cm³/mol. The Morgan fingerprint density at radius 2 is 1.94 bits per heavy atom. The van der Waals surface area contributed by atoms with Gasteiger partial charge >= 0.3 is 0 Å². The van der Waals surface area contributed by atoms with Crippen LogP contribution >= 0.6 is 11.6 Å². The zero-order valence-electron chi connectivity index (χ0n) is 9.89. The van der Waals surface area contributed by atoms with Gasteiger partial charge in [-0.2, -0.15) is 5.26 Å². The lowest BCUT2D eigenvalue weighted by Gasteiger charge is -2.02. The summed E-state index contributed by atoms with van der Waals surface area (Å²) in [4.78, 5) is 4.34. The monoisotopic (exact) mass is 254 g/mol. The van der Waals surface area contributed by atoms with Crippen LogP contribution in [-0.4, -0.2) is 5.71 Å². The van der Waals surface area contributed by atoms with E-state index in [0.29, 0.717) is 16.3 Å². The molecule has 0 unspecified atom stereocenters. The molecule has 3 heteroatoms. The van der Waals surface area contributed by atoms with Crippen LogP contribution in [0.4, 0.5) is 5.69 Å². The van der Waals surface area contributed by atoms with Crippen LogP contribution in [0.5, 0.6) is 0 Å². The predicted octanol–water partition coefficient (Wildman–Crippen LogP) is 4.29. The molecular weight excluding hydrogens is 244 g/mol. The molecule has 0 saturated heterocycles. The smallest absolute Gasteiger partial charge is 0.149 e. The van der Waals surface area contributed by atoms with E-state index in [1.165, 1.54) is 0 Å². The number of aryl methyl sites for hydroxylation is 1. The topological polar surface area (TPSA) is 36.1 Å². The molecule has 0 N–H and O–H groups in total. The zero-order valence-corrected chi connectivity index (χ0v) is 10.6. The van der Waals surface area contributed by atoms with Gasteiger partial charge in [0.25, 0.3) is 0 Å². The molecule has 0 fully saturated rings. The van der Waals surface area contributed by atoms with E-state index in [1.54, 1.807) is 12.1 Å². The Kier molecular flexibility index (Phi) is 3.76. The normalized spacial score (nSPS) is 11.1. The summed E-state index contributed by atoms with van der Waals surface area (Å²) in [5.74, 6) is 0. The van der Waals surface area contributed by atoms with E-state index in [-0.39, 0.29) is 0 Å². The maximum Gasteiger partial charge on any atom is 0.149 e. The van der Waals surface area contributed by atoms with Gasteiger partial charge in [0, 0.05) is 5.56 Å². The second kappa shape index (κ2) is 5.48. The molecule has 88 valence electrons. The van der Waals surface area contributed by atoms with Gasteiger partial charge in [-0.15, -0.1) is 0 Å². The van der Waals surface area contributed by atoms with Gasteiger partial charge in [-0.3, -0.25) is 0 Å². The summed E-state index contributed by atoms with van der Waals surface area (Å²) in [7, 11) is 0. The second-order valence-electron chi connectivity index (χ2n) is 3.89. The lowest BCUT2D eigenvalue weighted by molar-refractivity contribution is 1.42. The highest BCUT2D eigenvalue weighted by Crippen LogP contribution is 2.20. The van der Waals surface area contributed by atoms with Crippen molar-refractivity contribution in [2.75, 3.05) is 0 Å². The van der Waals surface area contributed by atoms with Crippen molar-refractivity contribution in [1.82, 2.24) is 0 Å². The van der Waals surface area contributed by atoms with Gasteiger partial charge in [-0.25, -0.2) is 4.99 Å². The third-order valence-corrected chi connectivity index (χ3v) is 2.81. The first-order chi connectivity index (χ1) is 8.70. The van der Waals surface area contributed by atoms with Crippen molar-refractivity contribution >= 4 is 23.0 Å². The lowest BCUT2D eigenvalue weighted by atomic mass is 10.1. The van der Waals surface area contributed by atoms with Gasteiger partial charge in [0.05, 0.1) is 10.7 Å². The van der Waals surface area contributed by atoms with Crippen molar-refractivity contribution in [2.45, 2.75) is 6.92 Å². The number of hydrogen-bond acceptors (Lipinski definition) is 2. The summed E-state index contributed by atoms with van der Waals surface area (Å²) in [6.45, 7) is 1.99. The van der Waals surface area contributed by atoms with Gasteiger partial charge in [-0.05, 0) is 30.7 Å². The van der Waals surface area contributed by atoms with Crippen LogP contribution in [0.2, 0.25) is 5.02 Å². The molecule has 0 spiro atoms. The highest BCUT2D eigenvalue weighted by Gasteiger charge is 2.06. The maximum atomic E-state index is 9.20. The van der Waals surface area contributed by atoms with E-state index in [2.05, 4.69) is 11.1 Å². The highest BCUT2D eigenvalue weighted by atomic mass is 35.5. The van der Waals surface area contributed by atoms with E-state index < -0.39 is 0 Å². The van der Waals surface area contributed by atoms with E-state index in [9.17, 15) is 5.26 Å². The standard InChI is InChI=1S/C15H11ClN2/c1-11-5-4-6-12(9-11)18-15(10-17)13-7-2-3-8-14(13)16/h2-9H,1H3. The zero-order chi connectivity index (χ0) is 13.0. The lowest BCUT2D eigenvalue weighted by Crippen LogP contribution is -1.97. The summed E-state index contributed by atoms with van der Waals surface area (Å²) in [6, 6.07) is 17.0. The van der Waals surface area contributed by atoms with E-state index in [0.717, 1.165) is 11.3 Å². The van der Waals surface area contributed by atoms with E-state index in [4.69, 9.17) is 11.6 Å². The van der Waals surface area contributed by atoms with Crippen molar-refractivity contribution in [1.29, 1.82) is 5.26 Å². The van der Waals surface area contributed by atoms with Gasteiger partial charge in [0.2, 0.25) is 0 Å². The Hall–Kier alpha value is -2.11. The third kappa shape index (κ3) is 2.77. The summed E-state index contributed by atoms with van der Waals surface area (Å²) in [5, 5.41) is 9.73. The Balaban J connectivity index is 2.48. The largest absolute Gasteiger partial charge is 0.237 e. The molecule has 2 aromatic rings. The van der Waals surface area contributed by atoms with Crippen LogP contribution in [0.1, 0.15) is 11.1 Å². The van der Waals surface area contributed by atoms with Crippen molar-refractivity contribution in [2.24, 2.45) is 4.99 Å². The van der Waals surface area contributed by atoms with Crippen molar-refractivity contribution in [3.63, 3.8) is 0 Å². The van der Waals surface area contributed by atoms with Crippen LogP contribution < -0.4 is 0 Å². The third-order valence-electron chi connectivity index (χ3n) is 2.48. The molecule has 0 bridgehead atoms. The van der Waals surface area contributed by atoms with Gasteiger partial charge in [-0.1, -0.05) is 41.9 Å². The average molecular weight is 255 g/mol. The number of nitrogens with zero attached hydrogens (tertiary/aromatic N) is 2. The van der Waals surface area contributed by atoms with Crippen LogP contribution in [0.3, 0.4) is 0 Å². The molecule has 2 aromatic carbocycles. The quantitative estimate of drug-likeness (QED) is 0.737. The number of benzene rings is 2. The molecule has 0 radical (unpaired) electrons. The number of nitriles is 1. The van der Waals surface area contributed by atoms with Crippen LogP contribution in [0.25, 0.3) is 0 Å². The summed E-state index contributed by atoms with van der Waals surface area (Å²) in [6.07, 6.45) is 0. The minimum atomic E-state index is 0.325. The molecule has 0 aliphatic rings. The number of halogens is 1. The first kappa shape index (κ1) is 12.3. The molecule has 0 saturated carbocycles. The summed E-state index contributed by atoms with van der Waals surface area (Å²) < 4.78 is 0. The SMILES string of the molecule is Cc1cccc(N=C(C#N)c2ccccc2Cl)c1. The number of hydrogen-bond donors (Lipinski definition) is 0. The van der Waals surface area contributed by atoms with Gasteiger partial charge in [0.15, 0.2) is 0 Å². The van der Waals surface area contributed by atoms with Crippen LogP contribution in [0, 0.1) is 18.3 Å². The number of rotatable bonds is 2. The molecule has 2 rings (SSSR count). The maximum absolute atomic E-state index is 9.20. The van der Waals surface area contributed by atoms with Crippen molar-refractivity contribution in [3.05, 3.63) is 64.7 Å². The molecule has 0 heterocycles. The Bertz CT molecular complexity index is 639. The van der Waals surface area contributed by atoms with Crippen molar-refractivity contribution in [3.8, 4) is 6.07 Å². The Morgan fingerprint density at radius 3 is 2.61 bits per heavy atom. The Labute approximate surface area is 111 Å².